The van der Waals surface area contributed by atoms with E-state index in [-0.39, 0.29) is 6.03 Å². The van der Waals surface area contributed by atoms with E-state index >= 15 is 0 Å². The van der Waals surface area contributed by atoms with Crippen LogP contribution in [-0.2, 0) is 9.53 Å². The fraction of sp³-hybridized carbons (Fsp3) is 0.600. The Kier molecular flexibility index (Phi) is 1.75. The van der Waals surface area contributed by atoms with Crippen LogP contribution in [0.15, 0.2) is 0 Å². The van der Waals surface area contributed by atoms with Crippen LogP contribution in [0.25, 0.3) is 0 Å². The van der Waals surface area contributed by atoms with Gasteiger partial charge in [0.15, 0.2) is 6.23 Å². The monoisotopic (exact) mass is 144 g/mol. The summed E-state index contributed by atoms with van der Waals surface area (Å²) in [7, 11) is 1.63. The van der Waals surface area contributed by atoms with E-state index < -0.39 is 6.23 Å². The first-order chi connectivity index (χ1) is 4.74. The van der Waals surface area contributed by atoms with Crippen LogP contribution in [0.5, 0.6) is 0 Å². The molecule has 0 aromatic carbocycles. The van der Waals surface area contributed by atoms with E-state index in [1.165, 1.54) is 4.90 Å². The number of ether oxygens (including phenoxy) is 1. The van der Waals surface area contributed by atoms with Crippen LogP contribution in [-0.4, -0.2) is 37.2 Å². The summed E-state index contributed by atoms with van der Waals surface area (Å²) < 4.78 is 4.49. The number of nitrogens with one attached hydrogen (secondary N) is 1. The van der Waals surface area contributed by atoms with Crippen LogP contribution >= 0.6 is 0 Å². The Morgan fingerprint density at radius 1 is 1.90 bits per heavy atom. The van der Waals surface area contributed by atoms with Crippen LogP contribution in [0.3, 0.4) is 0 Å². The second-order valence-corrected chi connectivity index (χ2v) is 2.05. The molecule has 0 aromatic heterocycles. The lowest BCUT2D eigenvalue weighted by Crippen LogP contribution is -2.28. The average molecular weight is 144 g/mol. The lowest BCUT2D eigenvalue weighted by Gasteiger charge is -2.04. The summed E-state index contributed by atoms with van der Waals surface area (Å²) in [5.74, 6) is 0. The molecular weight excluding hydrogens is 136 g/mol. The van der Waals surface area contributed by atoms with Crippen molar-refractivity contribution in [3.05, 3.63) is 0 Å². The maximum Gasteiger partial charge on any atom is 0.320 e. The van der Waals surface area contributed by atoms with E-state index in [1.54, 1.807) is 7.05 Å². The van der Waals surface area contributed by atoms with Crippen molar-refractivity contribution in [2.24, 2.45) is 0 Å². The second-order valence-electron chi connectivity index (χ2n) is 2.05. The van der Waals surface area contributed by atoms with Gasteiger partial charge >= 0.3 is 6.03 Å². The van der Waals surface area contributed by atoms with E-state index in [1.807, 2.05) is 0 Å². The first kappa shape index (κ1) is 6.85. The summed E-state index contributed by atoms with van der Waals surface area (Å²) in [5, 5.41) is 2.44. The lowest BCUT2D eigenvalue weighted by molar-refractivity contribution is -0.133. The maximum absolute atomic E-state index is 10.7. The van der Waals surface area contributed by atoms with Gasteiger partial charge < -0.3 is 15.0 Å². The molecule has 1 N–H and O–H groups in total. The van der Waals surface area contributed by atoms with Gasteiger partial charge in [0.05, 0.1) is 6.54 Å². The van der Waals surface area contributed by atoms with E-state index in [9.17, 15) is 9.59 Å². The highest BCUT2D eigenvalue weighted by Gasteiger charge is 2.25. The number of carbonyl (C=O) groups is 2. The fourth-order valence-electron chi connectivity index (χ4n) is 0.769. The number of hydrogen-bond donors (Lipinski definition) is 1. The first-order valence-corrected chi connectivity index (χ1v) is 2.85. The molecule has 0 spiro atoms. The highest BCUT2D eigenvalue weighted by Crippen LogP contribution is 1.99. The van der Waals surface area contributed by atoms with Gasteiger partial charge in [0.25, 0.3) is 6.47 Å². The van der Waals surface area contributed by atoms with Crippen molar-refractivity contribution in [3.63, 3.8) is 0 Å². The van der Waals surface area contributed by atoms with Crippen molar-refractivity contribution in [2.75, 3.05) is 13.6 Å². The molecule has 0 saturated carbocycles. The number of urea groups is 1. The Morgan fingerprint density at radius 3 is 3.00 bits per heavy atom. The zero-order chi connectivity index (χ0) is 7.56. The fourth-order valence-corrected chi connectivity index (χ4v) is 0.769. The first-order valence-electron chi connectivity index (χ1n) is 2.85. The van der Waals surface area contributed by atoms with Gasteiger partial charge in [0.1, 0.15) is 0 Å². The number of hydrogen-bond acceptors (Lipinski definition) is 3. The number of carbonyl (C=O) groups excluding carboxylic acids is 2. The molecule has 5 heteroatoms. The minimum absolute atomic E-state index is 0.216. The topological polar surface area (TPSA) is 58.6 Å². The van der Waals surface area contributed by atoms with Gasteiger partial charge in [-0.1, -0.05) is 0 Å². The smallest absolute Gasteiger partial charge is 0.320 e. The normalized spacial score (nSPS) is 24.3. The molecule has 5 nitrogen and oxygen atoms in total. The van der Waals surface area contributed by atoms with E-state index in [2.05, 4.69) is 10.1 Å². The van der Waals surface area contributed by atoms with Crippen LogP contribution in [0, 0.1) is 0 Å². The zero-order valence-electron chi connectivity index (χ0n) is 5.53. The molecule has 1 atom stereocenters. The van der Waals surface area contributed by atoms with Crippen LogP contribution < -0.4 is 5.32 Å². The zero-order valence-corrected chi connectivity index (χ0v) is 5.53. The highest BCUT2D eigenvalue weighted by atomic mass is 16.5. The molecule has 2 amide bonds. The van der Waals surface area contributed by atoms with Gasteiger partial charge in [-0.2, -0.15) is 0 Å². The molecule has 1 saturated heterocycles. The van der Waals surface area contributed by atoms with Crippen molar-refractivity contribution < 1.29 is 14.3 Å². The minimum Gasteiger partial charge on any atom is -0.442 e. The summed E-state index contributed by atoms with van der Waals surface area (Å²) in [4.78, 5) is 21.9. The number of rotatable bonds is 2. The van der Waals surface area contributed by atoms with Crippen molar-refractivity contribution in [1.29, 1.82) is 0 Å². The third kappa shape index (κ3) is 1.18. The van der Waals surface area contributed by atoms with Gasteiger partial charge in [-0.3, -0.25) is 4.79 Å². The van der Waals surface area contributed by atoms with Crippen molar-refractivity contribution in [3.8, 4) is 0 Å². The summed E-state index contributed by atoms with van der Waals surface area (Å²) in [6.07, 6.45) is -0.477. The molecule has 1 heterocycles. The maximum atomic E-state index is 10.7. The van der Waals surface area contributed by atoms with E-state index in [4.69, 9.17) is 0 Å². The van der Waals surface area contributed by atoms with Crippen LogP contribution in [0.2, 0.25) is 0 Å². The molecule has 1 aliphatic heterocycles. The van der Waals surface area contributed by atoms with Crippen LogP contribution in [0.1, 0.15) is 0 Å². The molecule has 10 heavy (non-hydrogen) atoms. The van der Waals surface area contributed by atoms with E-state index in [0.29, 0.717) is 13.0 Å². The van der Waals surface area contributed by atoms with Crippen molar-refractivity contribution >= 4 is 12.5 Å². The summed E-state index contributed by atoms with van der Waals surface area (Å²) in [5.41, 5.74) is 0. The quantitative estimate of drug-likeness (QED) is 0.513. The predicted octanol–water partition coefficient (Wildman–Crippen LogP) is -0.860. The predicted molar refractivity (Wildman–Crippen MR) is 32.1 cm³/mol. The van der Waals surface area contributed by atoms with Crippen molar-refractivity contribution in [2.45, 2.75) is 6.23 Å². The molecular formula is C5H8N2O3. The SMILES string of the molecule is CN1C[C@@H](OC=O)NC1=O. The van der Waals surface area contributed by atoms with Gasteiger partial charge in [-0.15, -0.1) is 0 Å². The van der Waals surface area contributed by atoms with Gasteiger partial charge in [0.2, 0.25) is 0 Å². The molecule has 0 radical (unpaired) electrons. The number of likely N-dealkylation sites (N-methyl/N-ethyl adjacent to an activating group) is 1. The largest absolute Gasteiger partial charge is 0.442 e. The Bertz CT molecular complexity index is 159. The summed E-state index contributed by atoms with van der Waals surface area (Å²) in [6.45, 7) is 0.738. The molecule has 56 valence electrons. The Morgan fingerprint density at radius 2 is 2.60 bits per heavy atom. The number of amides is 2. The van der Waals surface area contributed by atoms with Gasteiger partial charge in [0, 0.05) is 7.05 Å². The lowest BCUT2D eigenvalue weighted by atomic mass is 10.6. The van der Waals surface area contributed by atoms with Gasteiger partial charge in [-0.05, 0) is 0 Å². The highest BCUT2D eigenvalue weighted by molar-refractivity contribution is 5.76. The molecule has 1 aliphatic rings. The van der Waals surface area contributed by atoms with Crippen LogP contribution in [0.4, 0.5) is 4.79 Å². The molecule has 0 unspecified atom stereocenters. The Hall–Kier alpha value is -1.26. The number of nitrogens with zero attached hydrogens (tertiary/aromatic N) is 1. The third-order valence-electron chi connectivity index (χ3n) is 1.29. The minimum atomic E-state index is -0.477. The second kappa shape index (κ2) is 2.55. The molecule has 0 aromatic rings. The summed E-state index contributed by atoms with van der Waals surface area (Å²) in [6, 6.07) is -0.216. The molecule has 0 aliphatic carbocycles. The standard InChI is InChI=1S/C5H8N2O3/c1-7-2-4(10-3-8)6-5(7)9/h3-4H,2H2,1H3,(H,6,9)/t4-/m1/s1. The van der Waals surface area contributed by atoms with Gasteiger partial charge in [-0.25, -0.2) is 4.79 Å². The van der Waals surface area contributed by atoms with Crippen molar-refractivity contribution in [1.82, 2.24) is 10.2 Å². The Labute approximate surface area is 57.9 Å². The third-order valence-corrected chi connectivity index (χ3v) is 1.29. The van der Waals surface area contributed by atoms with E-state index in [0.717, 1.165) is 0 Å². The molecule has 1 fully saturated rings. The summed E-state index contributed by atoms with van der Waals surface area (Å²) >= 11 is 0. The Balaban J connectivity index is 2.41. The molecule has 1 rings (SSSR count). The average Bonchev–Trinajstić information content (AvgIpc) is 2.14. The molecule has 0 bridgehead atoms.